The molecule has 0 radical (unpaired) electrons. The first-order valence-electron chi connectivity index (χ1n) is 7.51. The van der Waals surface area contributed by atoms with E-state index in [1.807, 2.05) is 36.4 Å². The first-order valence-corrected chi connectivity index (χ1v) is 7.51. The van der Waals surface area contributed by atoms with Crippen molar-refractivity contribution < 1.29 is 9.90 Å². The lowest BCUT2D eigenvalue weighted by atomic mass is 9.97. The Labute approximate surface area is 143 Å². The summed E-state index contributed by atoms with van der Waals surface area (Å²) < 4.78 is 0. The van der Waals surface area contributed by atoms with Crippen LogP contribution in [0.3, 0.4) is 0 Å². The molecule has 2 aromatic rings. The van der Waals surface area contributed by atoms with E-state index in [1.54, 1.807) is 0 Å². The van der Waals surface area contributed by atoms with E-state index < -0.39 is 5.97 Å². The fourth-order valence-corrected chi connectivity index (χ4v) is 2.28. The number of carboxylic acid groups (broad SMARTS) is 1. The predicted molar refractivity (Wildman–Crippen MR) is 97.0 cm³/mol. The van der Waals surface area contributed by atoms with E-state index >= 15 is 0 Å². The van der Waals surface area contributed by atoms with Crippen LogP contribution < -0.4 is 5.32 Å². The van der Waals surface area contributed by atoms with Gasteiger partial charge in [0.25, 0.3) is 0 Å². The molecule has 0 bridgehead atoms. The molecular weight excluding hydrogens is 310 g/mol. The molecule has 2 aromatic carbocycles. The number of rotatable bonds is 8. The van der Waals surface area contributed by atoms with Gasteiger partial charge in [0, 0.05) is 6.54 Å². The number of hydrogen-bond donors (Lipinski definition) is 2. The van der Waals surface area contributed by atoms with Gasteiger partial charge in [-0.25, -0.2) is 0 Å². The van der Waals surface area contributed by atoms with Crippen molar-refractivity contribution in [1.29, 1.82) is 0 Å². The van der Waals surface area contributed by atoms with Crippen LogP contribution in [-0.2, 0) is 4.79 Å². The minimum absolute atomic E-state index is 0. The molecule has 0 aliphatic carbocycles. The Kier molecular flexibility index (Phi) is 8.73. The maximum absolute atomic E-state index is 10.5. The van der Waals surface area contributed by atoms with E-state index in [9.17, 15) is 4.79 Å². The second-order valence-corrected chi connectivity index (χ2v) is 5.03. The number of benzene rings is 2. The van der Waals surface area contributed by atoms with Crippen molar-refractivity contribution >= 4 is 23.9 Å². The van der Waals surface area contributed by atoms with Crippen molar-refractivity contribution in [2.75, 3.05) is 13.1 Å². The first kappa shape index (κ1) is 18.9. The molecule has 0 spiro atoms. The van der Waals surface area contributed by atoms with Gasteiger partial charge in [0.15, 0.2) is 0 Å². The molecule has 122 valence electrons. The zero-order valence-corrected chi connectivity index (χ0v) is 13.8. The van der Waals surface area contributed by atoms with Gasteiger partial charge in [-0.15, -0.1) is 12.4 Å². The molecule has 0 aromatic heterocycles. The molecule has 0 saturated carbocycles. The van der Waals surface area contributed by atoms with Gasteiger partial charge in [-0.1, -0.05) is 66.7 Å². The Hall–Kier alpha value is -2.10. The third kappa shape index (κ3) is 6.68. The standard InChI is InChI=1S/C19H21NO2.ClH/c21-19(22)13-15-20-14-7-12-18(16-8-3-1-4-9-16)17-10-5-2-6-11-17;/h1-6,8-12,20H,7,13-15H2,(H,21,22);1H. The van der Waals surface area contributed by atoms with Crippen LogP contribution in [0.2, 0.25) is 0 Å². The van der Waals surface area contributed by atoms with Gasteiger partial charge in [-0.3, -0.25) is 4.79 Å². The molecule has 4 heteroatoms. The van der Waals surface area contributed by atoms with Gasteiger partial charge in [-0.2, -0.15) is 0 Å². The van der Waals surface area contributed by atoms with Crippen LogP contribution in [0.5, 0.6) is 0 Å². The molecule has 0 aliphatic heterocycles. The van der Waals surface area contributed by atoms with Gasteiger partial charge in [0.1, 0.15) is 0 Å². The highest BCUT2D eigenvalue weighted by molar-refractivity contribution is 5.85. The van der Waals surface area contributed by atoms with Crippen molar-refractivity contribution in [3.8, 4) is 0 Å². The van der Waals surface area contributed by atoms with E-state index in [0.717, 1.165) is 13.0 Å². The molecule has 2 rings (SSSR count). The largest absolute Gasteiger partial charge is 0.481 e. The average Bonchev–Trinajstić information content (AvgIpc) is 2.55. The van der Waals surface area contributed by atoms with Crippen molar-refractivity contribution in [1.82, 2.24) is 5.32 Å². The highest BCUT2D eigenvalue weighted by Gasteiger charge is 2.03. The summed E-state index contributed by atoms with van der Waals surface area (Å²) in [4.78, 5) is 10.5. The second-order valence-electron chi connectivity index (χ2n) is 5.03. The molecule has 0 atom stereocenters. The monoisotopic (exact) mass is 331 g/mol. The van der Waals surface area contributed by atoms with Crippen LogP contribution in [-0.4, -0.2) is 24.2 Å². The summed E-state index contributed by atoms with van der Waals surface area (Å²) in [5.41, 5.74) is 3.60. The maximum Gasteiger partial charge on any atom is 0.304 e. The van der Waals surface area contributed by atoms with Crippen LogP contribution in [0.4, 0.5) is 0 Å². The summed E-state index contributed by atoms with van der Waals surface area (Å²) in [6.45, 7) is 1.28. The number of hydrogen-bond acceptors (Lipinski definition) is 2. The molecule has 0 aliphatic rings. The van der Waals surface area contributed by atoms with Gasteiger partial charge >= 0.3 is 5.97 Å². The highest BCUT2D eigenvalue weighted by Crippen LogP contribution is 2.23. The van der Waals surface area contributed by atoms with E-state index in [4.69, 9.17) is 5.11 Å². The molecule has 3 nitrogen and oxygen atoms in total. The zero-order chi connectivity index (χ0) is 15.6. The van der Waals surface area contributed by atoms with Gasteiger partial charge in [0.2, 0.25) is 0 Å². The highest BCUT2D eigenvalue weighted by atomic mass is 35.5. The Balaban J connectivity index is 0.00000264. The van der Waals surface area contributed by atoms with E-state index in [2.05, 4.69) is 35.7 Å². The summed E-state index contributed by atoms with van der Waals surface area (Å²) in [7, 11) is 0. The molecule has 0 saturated heterocycles. The maximum atomic E-state index is 10.5. The molecule has 0 unspecified atom stereocenters. The van der Waals surface area contributed by atoms with Crippen molar-refractivity contribution in [3.05, 3.63) is 77.9 Å². The number of nitrogens with one attached hydrogen (secondary N) is 1. The van der Waals surface area contributed by atoms with Crippen molar-refractivity contribution in [2.45, 2.75) is 12.8 Å². The smallest absolute Gasteiger partial charge is 0.304 e. The number of aliphatic carboxylic acids is 1. The normalized spacial score (nSPS) is 9.74. The summed E-state index contributed by atoms with van der Waals surface area (Å²) in [5.74, 6) is -0.766. The average molecular weight is 332 g/mol. The SMILES string of the molecule is Cl.O=C(O)CCNCCC=C(c1ccccc1)c1ccccc1. The molecule has 23 heavy (non-hydrogen) atoms. The summed E-state index contributed by atoms with van der Waals surface area (Å²) in [5, 5.41) is 11.8. The van der Waals surface area contributed by atoms with E-state index in [-0.39, 0.29) is 18.8 Å². The van der Waals surface area contributed by atoms with Crippen molar-refractivity contribution in [3.63, 3.8) is 0 Å². The number of carboxylic acids is 1. The van der Waals surface area contributed by atoms with Gasteiger partial charge < -0.3 is 10.4 Å². The van der Waals surface area contributed by atoms with Crippen molar-refractivity contribution in [2.24, 2.45) is 0 Å². The lowest BCUT2D eigenvalue weighted by Crippen LogP contribution is -2.18. The number of carbonyl (C=O) groups is 1. The van der Waals surface area contributed by atoms with Gasteiger partial charge in [0.05, 0.1) is 6.42 Å². The third-order valence-corrected chi connectivity index (χ3v) is 3.35. The van der Waals surface area contributed by atoms with Gasteiger partial charge in [-0.05, 0) is 29.7 Å². The molecule has 0 fully saturated rings. The second kappa shape index (κ2) is 10.6. The Morgan fingerprint density at radius 3 is 1.91 bits per heavy atom. The van der Waals surface area contributed by atoms with E-state index in [0.29, 0.717) is 6.54 Å². The Morgan fingerprint density at radius 2 is 1.43 bits per heavy atom. The predicted octanol–water partition coefficient (Wildman–Crippen LogP) is 3.99. The number of halogens is 1. The summed E-state index contributed by atoms with van der Waals surface area (Å²) in [6, 6.07) is 20.6. The minimum Gasteiger partial charge on any atom is -0.481 e. The first-order chi connectivity index (χ1) is 10.8. The fourth-order valence-electron chi connectivity index (χ4n) is 2.28. The van der Waals surface area contributed by atoms with E-state index in [1.165, 1.54) is 16.7 Å². The van der Waals surface area contributed by atoms with Crippen LogP contribution >= 0.6 is 12.4 Å². The summed E-state index contributed by atoms with van der Waals surface area (Å²) >= 11 is 0. The topological polar surface area (TPSA) is 49.3 Å². The molecular formula is C19H22ClNO2. The third-order valence-electron chi connectivity index (χ3n) is 3.35. The molecule has 2 N–H and O–H groups in total. The lowest BCUT2D eigenvalue weighted by Gasteiger charge is -2.09. The van der Waals surface area contributed by atoms with Crippen LogP contribution in [0.1, 0.15) is 24.0 Å². The Morgan fingerprint density at radius 1 is 0.913 bits per heavy atom. The zero-order valence-electron chi connectivity index (χ0n) is 12.9. The minimum atomic E-state index is -0.766. The molecule has 0 amide bonds. The lowest BCUT2D eigenvalue weighted by molar-refractivity contribution is -0.136. The summed E-state index contributed by atoms with van der Waals surface area (Å²) in [6.07, 6.45) is 3.23. The van der Waals surface area contributed by atoms with Crippen LogP contribution in [0.15, 0.2) is 66.7 Å². The van der Waals surface area contributed by atoms with Crippen LogP contribution in [0.25, 0.3) is 5.57 Å². The quantitative estimate of drug-likeness (QED) is 0.719. The molecule has 0 heterocycles. The fraction of sp³-hybridized carbons (Fsp3) is 0.211. The van der Waals surface area contributed by atoms with Crippen LogP contribution in [0, 0.1) is 0 Å². The Bertz CT molecular complexity index is 570.